The Labute approximate surface area is 176 Å². The number of phenolic OH excluding ortho intramolecular Hbond substituents is 1. The number of esters is 1. The number of rotatable bonds is 5. The van der Waals surface area contributed by atoms with Crippen molar-refractivity contribution >= 4 is 23.4 Å². The van der Waals surface area contributed by atoms with Crippen LogP contribution in [0.15, 0.2) is 52.5 Å². The molecule has 0 aliphatic rings. The Morgan fingerprint density at radius 2 is 1.69 bits per heavy atom. The van der Waals surface area contributed by atoms with E-state index in [-0.39, 0.29) is 11.3 Å². The lowest BCUT2D eigenvalue weighted by molar-refractivity contribution is 0.00665. The van der Waals surface area contributed by atoms with E-state index in [2.05, 4.69) is 5.16 Å². The lowest BCUT2D eigenvalue weighted by atomic mass is 9.83. The average Bonchev–Trinajstić information content (AvgIpc) is 2.61. The Balaban J connectivity index is 2.46. The molecule has 2 aromatic rings. The van der Waals surface area contributed by atoms with Crippen LogP contribution in [0.1, 0.15) is 63.0 Å². The Morgan fingerprint density at radius 1 is 1.07 bits per heavy atom. The number of nitrogens with zero attached hydrogens (tertiary/aromatic N) is 1. The van der Waals surface area contributed by atoms with Gasteiger partial charge in [0.15, 0.2) is 0 Å². The fourth-order valence-corrected chi connectivity index (χ4v) is 3.58. The molecule has 0 saturated carbocycles. The van der Waals surface area contributed by atoms with Crippen LogP contribution in [0.2, 0.25) is 0 Å². The quantitative estimate of drug-likeness (QED) is 0.218. The van der Waals surface area contributed by atoms with Gasteiger partial charge in [-0.15, -0.1) is 11.8 Å². The molecule has 0 unspecified atom stereocenters. The van der Waals surface area contributed by atoms with Crippen molar-refractivity contribution in [1.82, 2.24) is 0 Å². The van der Waals surface area contributed by atoms with Crippen molar-refractivity contribution in [3.05, 3.63) is 59.2 Å². The first-order chi connectivity index (χ1) is 13.4. The van der Waals surface area contributed by atoms with Gasteiger partial charge in [-0.25, -0.2) is 4.79 Å². The predicted octanol–water partition coefficient (Wildman–Crippen LogP) is 5.62. The highest BCUT2D eigenvalue weighted by molar-refractivity contribution is 8.00. The molecule has 0 atom stereocenters. The predicted molar refractivity (Wildman–Crippen MR) is 117 cm³/mol. The molecule has 2 aromatic carbocycles. The lowest BCUT2D eigenvalue weighted by Crippen LogP contribution is -2.25. The zero-order valence-corrected chi connectivity index (χ0v) is 18.6. The summed E-state index contributed by atoms with van der Waals surface area (Å²) >= 11 is 1.52. The molecule has 0 aliphatic heterocycles. The number of carbonyl (C=O) groups excluding carboxylic acids is 1. The molecular formula is C23H29NO4S. The Bertz CT molecular complexity index is 894. The second kappa shape index (κ2) is 8.91. The van der Waals surface area contributed by atoms with E-state index >= 15 is 0 Å². The first-order valence-electron chi connectivity index (χ1n) is 9.42. The summed E-state index contributed by atoms with van der Waals surface area (Å²) in [7, 11) is 0. The summed E-state index contributed by atoms with van der Waals surface area (Å²) in [6, 6.07) is 13.1. The third-order valence-electron chi connectivity index (χ3n) is 4.11. The number of hydrogen-bond donors (Lipinski definition) is 2. The van der Waals surface area contributed by atoms with Gasteiger partial charge in [0.1, 0.15) is 16.9 Å². The first-order valence-corrected chi connectivity index (χ1v) is 10.4. The molecule has 5 nitrogen and oxygen atoms in total. The normalized spacial score (nSPS) is 12.7. The molecule has 6 heteroatoms. The van der Waals surface area contributed by atoms with Crippen LogP contribution in [-0.4, -0.2) is 33.3 Å². The highest BCUT2D eigenvalue weighted by Crippen LogP contribution is 2.36. The van der Waals surface area contributed by atoms with E-state index in [1.54, 1.807) is 26.8 Å². The van der Waals surface area contributed by atoms with Crippen LogP contribution in [0, 0.1) is 0 Å². The largest absolute Gasteiger partial charge is 0.507 e. The summed E-state index contributed by atoms with van der Waals surface area (Å²) in [5.41, 5.74) is 0.506. The van der Waals surface area contributed by atoms with Crippen LogP contribution >= 0.6 is 11.8 Å². The molecule has 0 fully saturated rings. The van der Waals surface area contributed by atoms with Gasteiger partial charge >= 0.3 is 5.97 Å². The molecular weight excluding hydrogens is 386 g/mol. The SMILES string of the molecule is CC(C)(C)OC(=O)c1cc(/C(CSc2ccccc2)=N/O)cc(C(C)(C)C)c1O. The van der Waals surface area contributed by atoms with Gasteiger partial charge in [0.05, 0.1) is 5.71 Å². The van der Waals surface area contributed by atoms with E-state index in [1.807, 2.05) is 51.1 Å². The second-order valence-electron chi connectivity index (χ2n) is 8.82. The van der Waals surface area contributed by atoms with Crippen molar-refractivity contribution in [3.8, 4) is 5.75 Å². The summed E-state index contributed by atoms with van der Waals surface area (Å²) in [6.45, 7) is 11.1. The van der Waals surface area contributed by atoms with Crippen molar-refractivity contribution in [2.45, 2.75) is 57.5 Å². The molecule has 29 heavy (non-hydrogen) atoms. The van der Waals surface area contributed by atoms with E-state index in [4.69, 9.17) is 4.74 Å². The molecule has 0 aliphatic carbocycles. The van der Waals surface area contributed by atoms with E-state index in [9.17, 15) is 15.1 Å². The molecule has 0 amide bonds. The Kier molecular flexibility index (Phi) is 7.01. The number of hydrogen-bond acceptors (Lipinski definition) is 6. The average molecular weight is 416 g/mol. The molecule has 0 heterocycles. The van der Waals surface area contributed by atoms with Gasteiger partial charge in [0.2, 0.25) is 0 Å². The number of carbonyl (C=O) groups is 1. The standard InChI is InChI=1S/C23H29NO4S/c1-22(2,3)18-13-15(12-17(20(18)25)21(26)28-23(4,5)6)19(24-27)14-29-16-10-8-7-9-11-16/h7-13,25,27H,14H2,1-6H3/b24-19+. The Morgan fingerprint density at radius 3 is 2.21 bits per heavy atom. The molecule has 2 N–H and O–H groups in total. The fourth-order valence-electron chi connectivity index (χ4n) is 2.70. The zero-order chi connectivity index (χ0) is 21.8. The van der Waals surface area contributed by atoms with E-state index in [0.29, 0.717) is 22.6 Å². The highest BCUT2D eigenvalue weighted by atomic mass is 32.2. The maximum absolute atomic E-state index is 12.7. The van der Waals surface area contributed by atoms with Crippen molar-refractivity contribution in [3.63, 3.8) is 0 Å². The molecule has 0 aromatic heterocycles. The second-order valence-corrected chi connectivity index (χ2v) is 9.87. The van der Waals surface area contributed by atoms with Gasteiger partial charge in [-0.1, -0.05) is 44.1 Å². The molecule has 0 bridgehead atoms. The van der Waals surface area contributed by atoms with Crippen molar-refractivity contribution in [2.24, 2.45) is 5.16 Å². The van der Waals surface area contributed by atoms with Crippen LogP contribution in [-0.2, 0) is 10.2 Å². The van der Waals surface area contributed by atoms with Gasteiger partial charge in [-0.2, -0.15) is 0 Å². The van der Waals surface area contributed by atoms with Crippen molar-refractivity contribution in [1.29, 1.82) is 0 Å². The van der Waals surface area contributed by atoms with Crippen molar-refractivity contribution < 1.29 is 19.8 Å². The molecule has 0 radical (unpaired) electrons. The molecule has 2 rings (SSSR count). The topological polar surface area (TPSA) is 79.1 Å². The summed E-state index contributed by atoms with van der Waals surface area (Å²) in [4.78, 5) is 13.8. The monoisotopic (exact) mass is 415 g/mol. The zero-order valence-electron chi connectivity index (χ0n) is 17.8. The van der Waals surface area contributed by atoms with Gasteiger partial charge < -0.3 is 15.1 Å². The van der Waals surface area contributed by atoms with Crippen molar-refractivity contribution in [2.75, 3.05) is 5.75 Å². The van der Waals surface area contributed by atoms with Crippen LogP contribution < -0.4 is 0 Å². The van der Waals surface area contributed by atoms with Crippen LogP contribution in [0.3, 0.4) is 0 Å². The first kappa shape index (κ1) is 22.8. The third kappa shape index (κ3) is 6.26. The number of benzene rings is 2. The minimum absolute atomic E-state index is 0.0632. The van der Waals surface area contributed by atoms with E-state index < -0.39 is 17.0 Å². The van der Waals surface area contributed by atoms with Gasteiger partial charge in [-0.05, 0) is 50.5 Å². The van der Waals surface area contributed by atoms with Crippen LogP contribution in [0.4, 0.5) is 0 Å². The van der Waals surface area contributed by atoms with Gasteiger partial charge in [0, 0.05) is 21.8 Å². The minimum Gasteiger partial charge on any atom is -0.507 e. The molecule has 0 spiro atoms. The minimum atomic E-state index is -0.696. The summed E-state index contributed by atoms with van der Waals surface area (Å²) in [6.07, 6.45) is 0. The third-order valence-corrected chi connectivity index (χ3v) is 5.13. The van der Waals surface area contributed by atoms with Gasteiger partial charge in [0.25, 0.3) is 0 Å². The van der Waals surface area contributed by atoms with E-state index in [1.165, 1.54) is 17.8 Å². The highest BCUT2D eigenvalue weighted by Gasteiger charge is 2.28. The number of ether oxygens (including phenoxy) is 1. The number of oxime groups is 1. The molecule has 156 valence electrons. The Hall–Kier alpha value is -2.47. The number of thioether (sulfide) groups is 1. The summed E-state index contributed by atoms with van der Waals surface area (Å²) in [5, 5.41) is 23.9. The van der Waals surface area contributed by atoms with E-state index in [0.717, 1.165) is 4.90 Å². The van der Waals surface area contributed by atoms with Gasteiger partial charge in [-0.3, -0.25) is 0 Å². The van der Waals surface area contributed by atoms with Crippen LogP contribution in [0.25, 0.3) is 0 Å². The number of phenols is 1. The smallest absolute Gasteiger partial charge is 0.342 e. The molecule has 0 saturated heterocycles. The summed E-state index contributed by atoms with van der Waals surface area (Å²) in [5.74, 6) is -0.318. The maximum atomic E-state index is 12.7. The fraction of sp³-hybridized carbons (Fsp3) is 0.391. The lowest BCUT2D eigenvalue weighted by Gasteiger charge is -2.25. The maximum Gasteiger partial charge on any atom is 0.342 e. The summed E-state index contributed by atoms with van der Waals surface area (Å²) < 4.78 is 5.46. The number of aromatic hydroxyl groups is 1. The van der Waals surface area contributed by atoms with Crippen LogP contribution in [0.5, 0.6) is 5.75 Å².